The third kappa shape index (κ3) is 5.62. The quantitative estimate of drug-likeness (QED) is 0.438. The summed E-state index contributed by atoms with van der Waals surface area (Å²) in [7, 11) is 0. The summed E-state index contributed by atoms with van der Waals surface area (Å²) in [6.45, 7) is 27.8. The number of rotatable bonds is 3. The number of hydrogen-bond acceptors (Lipinski definition) is 1. The molecule has 0 bridgehead atoms. The van der Waals surface area contributed by atoms with Gasteiger partial charge in [-0.3, -0.25) is 0 Å². The molecule has 4 unspecified atom stereocenters. The minimum Gasteiger partial charge on any atom is -0.380 e. The van der Waals surface area contributed by atoms with E-state index in [0.29, 0.717) is 29.6 Å². The van der Waals surface area contributed by atoms with Crippen LogP contribution in [0, 0.1) is 47.3 Å². The Morgan fingerprint density at radius 1 is 0.703 bits per heavy atom. The first-order valence-electron chi connectivity index (χ1n) is 14.3. The van der Waals surface area contributed by atoms with Gasteiger partial charge in [-0.1, -0.05) is 95.2 Å². The Morgan fingerprint density at radius 2 is 1.19 bits per heavy atom. The molecule has 1 saturated carbocycles. The third-order valence-corrected chi connectivity index (χ3v) is 8.48. The van der Waals surface area contributed by atoms with Gasteiger partial charge in [-0.2, -0.15) is 0 Å². The Bertz CT molecular complexity index is 1140. The molecule has 0 saturated heterocycles. The van der Waals surface area contributed by atoms with Crippen LogP contribution in [0.15, 0.2) is 71.4 Å². The van der Waals surface area contributed by atoms with Crippen LogP contribution in [0.3, 0.4) is 0 Å². The van der Waals surface area contributed by atoms with Gasteiger partial charge in [0, 0.05) is 16.8 Å². The molecule has 37 heavy (non-hydrogen) atoms. The molecule has 1 aromatic rings. The lowest BCUT2D eigenvalue weighted by Gasteiger charge is -2.34. The van der Waals surface area contributed by atoms with Gasteiger partial charge in [-0.05, 0) is 111 Å². The monoisotopic (exact) mass is 497 g/mol. The summed E-state index contributed by atoms with van der Waals surface area (Å²) >= 11 is 0. The van der Waals surface area contributed by atoms with Crippen LogP contribution in [0.5, 0.6) is 0 Å². The summed E-state index contributed by atoms with van der Waals surface area (Å²) < 4.78 is 0. The highest BCUT2D eigenvalue weighted by molar-refractivity contribution is 5.81. The average molecular weight is 498 g/mol. The van der Waals surface area contributed by atoms with E-state index in [2.05, 4.69) is 143 Å². The molecule has 200 valence electrons. The SMILES string of the molecule is CC(C)=C(c1cc(C)ccc1NC(C)(C)C)C1C2C=C(C(C)(C)C)C=CC2C2C=CC(C(C)(C)C)=CC21. The van der Waals surface area contributed by atoms with Crippen LogP contribution in [-0.4, -0.2) is 5.54 Å². The molecule has 0 aromatic heterocycles. The summed E-state index contributed by atoms with van der Waals surface area (Å²) in [5, 5.41) is 3.85. The number of hydrogen-bond donors (Lipinski definition) is 1. The van der Waals surface area contributed by atoms with E-state index in [9.17, 15) is 0 Å². The predicted molar refractivity (Wildman–Crippen MR) is 164 cm³/mol. The normalized spacial score (nSPS) is 27.3. The zero-order valence-corrected chi connectivity index (χ0v) is 25.6. The molecule has 1 heteroatoms. The molecule has 0 aliphatic heterocycles. The van der Waals surface area contributed by atoms with E-state index in [1.54, 1.807) is 0 Å². The van der Waals surface area contributed by atoms with Gasteiger partial charge in [0.25, 0.3) is 0 Å². The molecular formula is C36H51N. The number of fused-ring (bicyclic) bond motifs is 3. The molecule has 1 nitrogen and oxygen atoms in total. The van der Waals surface area contributed by atoms with E-state index < -0.39 is 0 Å². The smallest absolute Gasteiger partial charge is 0.0420 e. The Kier molecular flexibility index (Phi) is 7.11. The van der Waals surface area contributed by atoms with Crippen LogP contribution in [0.1, 0.15) is 87.3 Å². The Balaban J connectivity index is 1.95. The van der Waals surface area contributed by atoms with Crippen molar-refractivity contribution in [2.75, 3.05) is 5.32 Å². The molecule has 4 rings (SSSR count). The van der Waals surface area contributed by atoms with Gasteiger partial charge in [0.1, 0.15) is 0 Å². The van der Waals surface area contributed by atoms with Gasteiger partial charge in [0.2, 0.25) is 0 Å². The Labute approximate surface area is 227 Å². The molecule has 1 aromatic carbocycles. The largest absolute Gasteiger partial charge is 0.380 e. The van der Waals surface area contributed by atoms with Crippen molar-refractivity contribution in [3.8, 4) is 0 Å². The van der Waals surface area contributed by atoms with E-state index in [4.69, 9.17) is 0 Å². The first-order valence-corrected chi connectivity index (χ1v) is 14.3. The molecule has 4 atom stereocenters. The van der Waals surface area contributed by atoms with Gasteiger partial charge in [-0.25, -0.2) is 0 Å². The first-order chi connectivity index (χ1) is 17.0. The summed E-state index contributed by atoms with van der Waals surface area (Å²) in [5.41, 5.74) is 10.2. The lowest BCUT2D eigenvalue weighted by atomic mass is 9.71. The van der Waals surface area contributed by atoms with Gasteiger partial charge < -0.3 is 5.32 Å². The van der Waals surface area contributed by atoms with E-state index in [0.717, 1.165) is 0 Å². The van der Waals surface area contributed by atoms with Gasteiger partial charge in [-0.15, -0.1) is 0 Å². The topological polar surface area (TPSA) is 12.0 Å². The minimum absolute atomic E-state index is 0.00270. The van der Waals surface area contributed by atoms with Crippen molar-refractivity contribution in [3.05, 3.63) is 82.5 Å². The van der Waals surface area contributed by atoms with Gasteiger partial charge >= 0.3 is 0 Å². The number of anilines is 1. The Morgan fingerprint density at radius 3 is 1.59 bits per heavy atom. The van der Waals surface area contributed by atoms with E-state index in [1.807, 2.05) is 0 Å². The van der Waals surface area contributed by atoms with E-state index in [-0.39, 0.29) is 16.4 Å². The van der Waals surface area contributed by atoms with Crippen LogP contribution in [0.25, 0.3) is 5.57 Å². The summed E-state index contributed by atoms with van der Waals surface area (Å²) in [6.07, 6.45) is 15.3. The highest BCUT2D eigenvalue weighted by Gasteiger charge is 2.51. The van der Waals surface area contributed by atoms with Crippen molar-refractivity contribution < 1.29 is 0 Å². The lowest BCUT2D eigenvalue weighted by molar-refractivity contribution is 0.433. The second-order valence-corrected chi connectivity index (χ2v) is 15.1. The first kappa shape index (κ1) is 27.7. The van der Waals surface area contributed by atoms with Crippen molar-refractivity contribution >= 4 is 11.3 Å². The summed E-state index contributed by atoms with van der Waals surface area (Å²) in [6, 6.07) is 6.98. The molecule has 0 heterocycles. The average Bonchev–Trinajstić information content (AvgIpc) is 3.06. The van der Waals surface area contributed by atoms with Gasteiger partial charge in [0.05, 0.1) is 0 Å². The maximum Gasteiger partial charge on any atom is 0.0420 e. The zero-order valence-electron chi connectivity index (χ0n) is 25.6. The number of aryl methyl sites for hydroxylation is 1. The third-order valence-electron chi connectivity index (χ3n) is 8.48. The molecule has 0 amide bonds. The van der Waals surface area contributed by atoms with Crippen molar-refractivity contribution in [2.45, 2.75) is 88.6 Å². The summed E-state index contributed by atoms with van der Waals surface area (Å²) in [5.74, 6) is 2.48. The lowest BCUT2D eigenvalue weighted by Crippen LogP contribution is -2.28. The molecule has 3 aliphatic rings. The van der Waals surface area contributed by atoms with Crippen molar-refractivity contribution in [1.82, 2.24) is 0 Å². The van der Waals surface area contributed by atoms with E-state index in [1.165, 1.54) is 39.1 Å². The number of nitrogens with one attached hydrogen (secondary N) is 1. The fourth-order valence-corrected chi connectivity index (χ4v) is 6.71. The zero-order chi connectivity index (χ0) is 27.5. The fourth-order valence-electron chi connectivity index (χ4n) is 6.71. The fraction of sp³-hybridized carbons (Fsp3) is 0.556. The minimum atomic E-state index is -0.00270. The van der Waals surface area contributed by atoms with Crippen LogP contribution in [-0.2, 0) is 0 Å². The number of allylic oxidation sites excluding steroid dienone is 10. The molecule has 1 N–H and O–H groups in total. The molecular weight excluding hydrogens is 446 g/mol. The van der Waals surface area contributed by atoms with Crippen LogP contribution in [0.2, 0.25) is 0 Å². The Hall–Kier alpha value is -2.28. The maximum absolute atomic E-state index is 3.85. The second kappa shape index (κ2) is 9.48. The van der Waals surface area contributed by atoms with Crippen LogP contribution >= 0.6 is 0 Å². The van der Waals surface area contributed by atoms with Gasteiger partial charge in [0.15, 0.2) is 0 Å². The van der Waals surface area contributed by atoms with Crippen molar-refractivity contribution in [2.24, 2.45) is 40.4 Å². The van der Waals surface area contributed by atoms with Crippen LogP contribution in [0.4, 0.5) is 5.69 Å². The second-order valence-electron chi connectivity index (χ2n) is 15.1. The van der Waals surface area contributed by atoms with Crippen molar-refractivity contribution in [1.29, 1.82) is 0 Å². The highest BCUT2D eigenvalue weighted by Crippen LogP contribution is 2.59. The summed E-state index contributed by atoms with van der Waals surface area (Å²) in [4.78, 5) is 0. The predicted octanol–water partition coefficient (Wildman–Crippen LogP) is 10.2. The number of benzene rings is 1. The highest BCUT2D eigenvalue weighted by atomic mass is 15.0. The molecule has 3 aliphatic carbocycles. The van der Waals surface area contributed by atoms with Crippen molar-refractivity contribution in [3.63, 3.8) is 0 Å². The maximum atomic E-state index is 3.85. The van der Waals surface area contributed by atoms with E-state index >= 15 is 0 Å². The molecule has 1 fully saturated rings. The standard InChI is InChI=1S/C36H51N/c1-22(2)32(30-19-23(3)13-18-31(30)37-36(10,11)12)33-28-20-24(34(4,5)6)14-16-26(28)27-17-15-25(21-29(27)33)35(7,8)9/h13-21,26-29,33,37H,1-12H3. The molecule has 0 radical (unpaired) electrons. The van der Waals surface area contributed by atoms with Crippen LogP contribution < -0.4 is 5.32 Å². The molecule has 0 spiro atoms.